The SMILES string of the molecule is CCCCC/C=C/CCCO[C@@H]1[C@H]([C@@H](O)CO)OC[C@H]1O. The zero-order valence-electron chi connectivity index (χ0n) is 13.0. The lowest BCUT2D eigenvalue weighted by molar-refractivity contribution is -0.0935. The lowest BCUT2D eigenvalue weighted by Gasteiger charge is -2.23. The van der Waals surface area contributed by atoms with Crippen molar-refractivity contribution >= 4 is 0 Å². The van der Waals surface area contributed by atoms with Gasteiger partial charge in [-0.25, -0.2) is 0 Å². The monoisotopic (exact) mass is 302 g/mol. The molecular formula is C16H30O5. The molecule has 0 aliphatic carbocycles. The van der Waals surface area contributed by atoms with Crippen LogP contribution in [-0.4, -0.2) is 59.6 Å². The standard InChI is InChI=1S/C16H30O5/c1-2-3-4-5-6-7-8-9-10-20-16-14(19)12-21-15(16)13(18)11-17/h6-7,13-19H,2-5,8-12H2,1H3/b7-6+/t13-,14+,15-,16-/m0/s1. The molecule has 21 heavy (non-hydrogen) atoms. The number of unbranched alkanes of at least 4 members (excludes halogenated alkanes) is 4. The lowest BCUT2D eigenvalue weighted by atomic mass is 10.1. The quantitative estimate of drug-likeness (QED) is 0.397. The number of hydrogen-bond donors (Lipinski definition) is 3. The zero-order chi connectivity index (χ0) is 15.5. The van der Waals surface area contributed by atoms with Crippen molar-refractivity contribution in [3.05, 3.63) is 12.2 Å². The molecule has 4 atom stereocenters. The van der Waals surface area contributed by atoms with Gasteiger partial charge < -0.3 is 24.8 Å². The molecule has 0 saturated carbocycles. The van der Waals surface area contributed by atoms with Crippen LogP contribution in [0.5, 0.6) is 0 Å². The Labute approximate surface area is 127 Å². The number of allylic oxidation sites excluding steroid dienone is 2. The van der Waals surface area contributed by atoms with E-state index < -0.39 is 31.0 Å². The summed E-state index contributed by atoms with van der Waals surface area (Å²) in [5.41, 5.74) is 0. The van der Waals surface area contributed by atoms with Gasteiger partial charge in [0.25, 0.3) is 0 Å². The van der Waals surface area contributed by atoms with Crippen LogP contribution >= 0.6 is 0 Å². The molecule has 0 aromatic carbocycles. The zero-order valence-corrected chi connectivity index (χ0v) is 13.0. The number of ether oxygens (including phenoxy) is 2. The van der Waals surface area contributed by atoms with Gasteiger partial charge in [-0.2, -0.15) is 0 Å². The fraction of sp³-hybridized carbons (Fsp3) is 0.875. The average Bonchev–Trinajstić information content (AvgIpc) is 2.86. The molecule has 1 aliphatic rings. The molecule has 0 aromatic heterocycles. The van der Waals surface area contributed by atoms with Crippen LogP contribution in [0, 0.1) is 0 Å². The Hall–Kier alpha value is -0.460. The summed E-state index contributed by atoms with van der Waals surface area (Å²) in [4.78, 5) is 0. The molecule has 1 aliphatic heterocycles. The normalized spacial score (nSPS) is 27.5. The topological polar surface area (TPSA) is 79.2 Å². The van der Waals surface area contributed by atoms with Crippen LogP contribution in [0.4, 0.5) is 0 Å². The molecule has 124 valence electrons. The summed E-state index contributed by atoms with van der Waals surface area (Å²) in [5, 5.41) is 28.3. The number of hydrogen-bond acceptors (Lipinski definition) is 5. The average molecular weight is 302 g/mol. The Morgan fingerprint density at radius 2 is 1.95 bits per heavy atom. The Morgan fingerprint density at radius 1 is 1.24 bits per heavy atom. The first-order chi connectivity index (χ1) is 10.2. The van der Waals surface area contributed by atoms with Crippen LogP contribution in [0.1, 0.15) is 45.4 Å². The molecule has 1 heterocycles. The molecule has 5 nitrogen and oxygen atoms in total. The Morgan fingerprint density at radius 3 is 2.62 bits per heavy atom. The maximum Gasteiger partial charge on any atom is 0.114 e. The van der Waals surface area contributed by atoms with Gasteiger partial charge in [0.15, 0.2) is 0 Å². The van der Waals surface area contributed by atoms with Crippen molar-refractivity contribution in [2.45, 2.75) is 69.9 Å². The second-order valence-electron chi connectivity index (χ2n) is 5.56. The molecule has 0 aromatic rings. The second kappa shape index (κ2) is 11.2. The molecule has 3 N–H and O–H groups in total. The van der Waals surface area contributed by atoms with Crippen molar-refractivity contribution in [1.82, 2.24) is 0 Å². The van der Waals surface area contributed by atoms with Crippen molar-refractivity contribution in [1.29, 1.82) is 0 Å². The van der Waals surface area contributed by atoms with E-state index in [1.807, 2.05) is 0 Å². The minimum atomic E-state index is -1.01. The highest BCUT2D eigenvalue weighted by atomic mass is 16.6. The van der Waals surface area contributed by atoms with E-state index in [0.29, 0.717) is 6.61 Å². The van der Waals surface area contributed by atoms with E-state index >= 15 is 0 Å². The smallest absolute Gasteiger partial charge is 0.114 e. The molecule has 0 spiro atoms. The van der Waals surface area contributed by atoms with Crippen LogP contribution in [0.2, 0.25) is 0 Å². The predicted octanol–water partition coefficient (Wildman–Crippen LogP) is 1.40. The number of rotatable bonds is 11. The van der Waals surface area contributed by atoms with Gasteiger partial charge in [0.05, 0.1) is 13.2 Å². The van der Waals surface area contributed by atoms with E-state index in [0.717, 1.165) is 19.3 Å². The van der Waals surface area contributed by atoms with Gasteiger partial charge in [-0.05, 0) is 25.7 Å². The van der Waals surface area contributed by atoms with E-state index in [1.165, 1.54) is 19.3 Å². The highest BCUT2D eigenvalue weighted by molar-refractivity contribution is 4.89. The van der Waals surface area contributed by atoms with E-state index in [4.69, 9.17) is 14.6 Å². The fourth-order valence-electron chi connectivity index (χ4n) is 2.43. The minimum Gasteiger partial charge on any atom is -0.394 e. The molecular weight excluding hydrogens is 272 g/mol. The van der Waals surface area contributed by atoms with Gasteiger partial charge >= 0.3 is 0 Å². The lowest BCUT2D eigenvalue weighted by Crippen LogP contribution is -2.42. The number of aliphatic hydroxyl groups is 3. The second-order valence-corrected chi connectivity index (χ2v) is 5.56. The van der Waals surface area contributed by atoms with Gasteiger partial charge in [-0.3, -0.25) is 0 Å². The molecule has 0 amide bonds. The first-order valence-corrected chi connectivity index (χ1v) is 8.05. The molecule has 1 saturated heterocycles. The maximum absolute atomic E-state index is 9.77. The van der Waals surface area contributed by atoms with Crippen LogP contribution in [0.15, 0.2) is 12.2 Å². The first-order valence-electron chi connectivity index (χ1n) is 8.05. The largest absolute Gasteiger partial charge is 0.394 e. The fourth-order valence-corrected chi connectivity index (χ4v) is 2.43. The third kappa shape index (κ3) is 6.89. The molecule has 5 heteroatoms. The van der Waals surface area contributed by atoms with Crippen molar-refractivity contribution in [2.24, 2.45) is 0 Å². The third-order valence-corrected chi connectivity index (χ3v) is 3.70. The highest BCUT2D eigenvalue weighted by Gasteiger charge is 2.40. The summed E-state index contributed by atoms with van der Waals surface area (Å²) >= 11 is 0. The van der Waals surface area contributed by atoms with E-state index in [1.54, 1.807) is 0 Å². The van der Waals surface area contributed by atoms with Crippen molar-refractivity contribution in [2.75, 3.05) is 19.8 Å². The predicted molar refractivity (Wildman–Crippen MR) is 81.1 cm³/mol. The summed E-state index contributed by atoms with van der Waals surface area (Å²) in [6.45, 7) is 2.46. The van der Waals surface area contributed by atoms with Crippen LogP contribution in [-0.2, 0) is 9.47 Å². The molecule has 0 bridgehead atoms. The van der Waals surface area contributed by atoms with Crippen LogP contribution in [0.25, 0.3) is 0 Å². The maximum atomic E-state index is 9.77. The summed E-state index contributed by atoms with van der Waals surface area (Å²) in [6, 6.07) is 0. The number of aliphatic hydroxyl groups excluding tert-OH is 3. The van der Waals surface area contributed by atoms with E-state index in [2.05, 4.69) is 19.1 Å². The summed E-state index contributed by atoms with van der Waals surface area (Å²) in [5.74, 6) is 0. The van der Waals surface area contributed by atoms with E-state index in [-0.39, 0.29) is 6.61 Å². The van der Waals surface area contributed by atoms with Crippen LogP contribution in [0.3, 0.4) is 0 Å². The Balaban J connectivity index is 2.13. The van der Waals surface area contributed by atoms with Crippen molar-refractivity contribution < 1.29 is 24.8 Å². The van der Waals surface area contributed by atoms with E-state index in [9.17, 15) is 10.2 Å². The van der Waals surface area contributed by atoms with Crippen molar-refractivity contribution in [3.8, 4) is 0 Å². The highest BCUT2D eigenvalue weighted by Crippen LogP contribution is 2.21. The summed E-state index contributed by atoms with van der Waals surface area (Å²) in [7, 11) is 0. The molecule has 0 unspecified atom stereocenters. The van der Waals surface area contributed by atoms with Crippen molar-refractivity contribution in [3.63, 3.8) is 0 Å². The molecule has 1 rings (SSSR count). The molecule has 1 fully saturated rings. The summed E-state index contributed by atoms with van der Waals surface area (Å²) in [6.07, 6.45) is 8.16. The summed E-state index contributed by atoms with van der Waals surface area (Å²) < 4.78 is 10.9. The third-order valence-electron chi connectivity index (χ3n) is 3.70. The van der Waals surface area contributed by atoms with Gasteiger partial charge in [-0.15, -0.1) is 0 Å². The molecule has 0 radical (unpaired) electrons. The van der Waals surface area contributed by atoms with Gasteiger partial charge in [-0.1, -0.05) is 31.9 Å². The van der Waals surface area contributed by atoms with Gasteiger partial charge in [0.2, 0.25) is 0 Å². The minimum absolute atomic E-state index is 0.143. The Kier molecular flexibility index (Phi) is 9.87. The van der Waals surface area contributed by atoms with Gasteiger partial charge in [0.1, 0.15) is 24.4 Å². The van der Waals surface area contributed by atoms with Crippen LogP contribution < -0.4 is 0 Å². The Bertz CT molecular complexity index is 282. The van der Waals surface area contributed by atoms with Gasteiger partial charge in [0, 0.05) is 6.61 Å². The first kappa shape index (κ1) is 18.6.